The van der Waals surface area contributed by atoms with Gasteiger partial charge in [0.1, 0.15) is 0 Å². The predicted molar refractivity (Wildman–Crippen MR) is 74.6 cm³/mol. The molecule has 0 aliphatic rings. The van der Waals surface area contributed by atoms with Crippen molar-refractivity contribution in [1.29, 1.82) is 0 Å². The second-order valence-electron chi connectivity index (χ2n) is 4.12. The van der Waals surface area contributed by atoms with Crippen LogP contribution in [0.2, 0.25) is 5.02 Å². The lowest BCUT2D eigenvalue weighted by atomic mass is 10.2. The zero-order chi connectivity index (χ0) is 14.6. The first kappa shape index (κ1) is 15.7. The highest BCUT2D eigenvalue weighted by atomic mass is 35.5. The van der Waals surface area contributed by atoms with Crippen molar-refractivity contribution in [3.8, 4) is 0 Å². The molecule has 1 aromatic rings. The number of halogens is 1. The van der Waals surface area contributed by atoms with Crippen molar-refractivity contribution >= 4 is 27.5 Å². The molecule has 104 valence electrons. The van der Waals surface area contributed by atoms with Crippen LogP contribution in [-0.4, -0.2) is 20.4 Å². The first-order chi connectivity index (χ1) is 8.74. The first-order valence-electron chi connectivity index (χ1n) is 5.49. The van der Waals surface area contributed by atoms with Crippen molar-refractivity contribution in [3.05, 3.63) is 41.4 Å². The smallest absolute Gasteiger partial charge is 0.251 e. The summed E-state index contributed by atoms with van der Waals surface area (Å²) in [7, 11) is -3.90. The Balaban J connectivity index is 3.04. The van der Waals surface area contributed by atoms with Gasteiger partial charge in [0.15, 0.2) is 0 Å². The largest absolute Gasteiger partial charge is 0.349 e. The molecule has 19 heavy (non-hydrogen) atoms. The van der Waals surface area contributed by atoms with E-state index in [2.05, 4.69) is 11.9 Å². The lowest BCUT2D eigenvalue weighted by molar-refractivity contribution is 0.0940. The van der Waals surface area contributed by atoms with Crippen LogP contribution in [0.1, 0.15) is 23.7 Å². The lowest BCUT2D eigenvalue weighted by Crippen LogP contribution is -2.32. The number of rotatable bonds is 5. The molecule has 1 unspecified atom stereocenters. The summed E-state index contributed by atoms with van der Waals surface area (Å²) in [6.07, 6.45) is 2.28. The Morgan fingerprint density at radius 2 is 2.16 bits per heavy atom. The SMILES string of the molecule is C=CCC(C)NC(=O)c1cc(Cl)cc(S(N)(=O)=O)c1. The predicted octanol–water partition coefficient (Wildman–Crippen LogP) is 1.68. The summed E-state index contributed by atoms with van der Waals surface area (Å²) in [5.74, 6) is -0.415. The van der Waals surface area contributed by atoms with Crippen molar-refractivity contribution in [2.24, 2.45) is 5.14 Å². The van der Waals surface area contributed by atoms with Crippen molar-refractivity contribution < 1.29 is 13.2 Å². The van der Waals surface area contributed by atoms with E-state index in [0.29, 0.717) is 6.42 Å². The van der Waals surface area contributed by atoms with Gasteiger partial charge in [0.25, 0.3) is 5.91 Å². The lowest BCUT2D eigenvalue weighted by Gasteiger charge is -2.12. The monoisotopic (exact) mass is 302 g/mol. The van der Waals surface area contributed by atoms with Gasteiger partial charge in [0, 0.05) is 16.6 Å². The number of hydrogen-bond acceptors (Lipinski definition) is 3. The van der Waals surface area contributed by atoms with E-state index in [-0.39, 0.29) is 21.5 Å². The number of sulfonamides is 1. The van der Waals surface area contributed by atoms with E-state index in [1.54, 1.807) is 6.08 Å². The second kappa shape index (κ2) is 6.18. The highest BCUT2D eigenvalue weighted by Crippen LogP contribution is 2.18. The van der Waals surface area contributed by atoms with Gasteiger partial charge < -0.3 is 5.32 Å². The molecule has 0 saturated heterocycles. The van der Waals surface area contributed by atoms with Crippen LogP contribution < -0.4 is 10.5 Å². The van der Waals surface area contributed by atoms with Crippen LogP contribution in [-0.2, 0) is 10.0 Å². The second-order valence-corrected chi connectivity index (χ2v) is 6.12. The van der Waals surface area contributed by atoms with E-state index in [1.165, 1.54) is 18.2 Å². The fourth-order valence-electron chi connectivity index (χ4n) is 1.47. The number of amides is 1. The molecule has 0 aliphatic heterocycles. The molecule has 0 radical (unpaired) electrons. The first-order valence-corrected chi connectivity index (χ1v) is 7.41. The maximum Gasteiger partial charge on any atom is 0.251 e. The molecule has 1 atom stereocenters. The Morgan fingerprint density at radius 3 is 2.68 bits per heavy atom. The number of benzene rings is 1. The van der Waals surface area contributed by atoms with Crippen molar-refractivity contribution in [1.82, 2.24) is 5.32 Å². The summed E-state index contributed by atoms with van der Waals surface area (Å²) in [6, 6.07) is 3.66. The average Bonchev–Trinajstić information content (AvgIpc) is 2.27. The van der Waals surface area contributed by atoms with E-state index in [9.17, 15) is 13.2 Å². The number of primary sulfonamides is 1. The minimum absolute atomic E-state index is 0.109. The molecule has 5 nitrogen and oxygen atoms in total. The number of carbonyl (C=O) groups excluding carboxylic acids is 1. The van der Waals surface area contributed by atoms with E-state index in [0.717, 1.165) is 0 Å². The maximum atomic E-state index is 11.9. The van der Waals surface area contributed by atoms with E-state index in [4.69, 9.17) is 16.7 Å². The fourth-order valence-corrected chi connectivity index (χ4v) is 2.36. The molecule has 0 aromatic heterocycles. The minimum Gasteiger partial charge on any atom is -0.349 e. The van der Waals surface area contributed by atoms with Gasteiger partial charge in [0.05, 0.1) is 4.90 Å². The van der Waals surface area contributed by atoms with E-state index in [1.807, 2.05) is 6.92 Å². The topological polar surface area (TPSA) is 89.3 Å². The maximum absolute atomic E-state index is 11.9. The molecule has 7 heteroatoms. The zero-order valence-electron chi connectivity index (χ0n) is 10.4. The molecule has 0 heterocycles. The third-order valence-electron chi connectivity index (χ3n) is 2.36. The summed E-state index contributed by atoms with van der Waals surface area (Å²) in [6.45, 7) is 5.38. The van der Waals surface area contributed by atoms with Crippen molar-refractivity contribution in [2.75, 3.05) is 0 Å². The Labute approximate surface area is 117 Å². The molecule has 0 saturated carbocycles. The Morgan fingerprint density at radius 1 is 1.53 bits per heavy atom. The summed E-state index contributed by atoms with van der Waals surface area (Å²) in [4.78, 5) is 11.7. The summed E-state index contributed by atoms with van der Waals surface area (Å²) in [5.41, 5.74) is 0.146. The molecule has 1 aromatic carbocycles. The summed E-state index contributed by atoms with van der Waals surface area (Å²) < 4.78 is 22.5. The van der Waals surface area contributed by atoms with Crippen LogP contribution in [0.15, 0.2) is 35.7 Å². The Bertz CT molecular complexity index is 599. The highest BCUT2D eigenvalue weighted by molar-refractivity contribution is 7.89. The standard InChI is InChI=1S/C12H15ClN2O3S/c1-3-4-8(2)15-12(16)9-5-10(13)7-11(6-9)19(14,17)18/h3,5-8H,1,4H2,2H3,(H,15,16)(H2,14,17,18). The van der Waals surface area contributed by atoms with Crippen LogP contribution in [0, 0.1) is 0 Å². The van der Waals surface area contributed by atoms with Gasteiger partial charge in [-0.3, -0.25) is 4.79 Å². The third-order valence-corrected chi connectivity index (χ3v) is 3.47. The average molecular weight is 303 g/mol. The quantitative estimate of drug-likeness (QED) is 0.811. The molecular weight excluding hydrogens is 288 g/mol. The number of hydrogen-bond donors (Lipinski definition) is 2. The molecule has 0 bridgehead atoms. The van der Waals surface area contributed by atoms with Crippen LogP contribution in [0.5, 0.6) is 0 Å². The van der Waals surface area contributed by atoms with Crippen LogP contribution >= 0.6 is 11.6 Å². The number of nitrogens with one attached hydrogen (secondary N) is 1. The summed E-state index contributed by atoms with van der Waals surface area (Å²) >= 11 is 5.78. The van der Waals surface area contributed by atoms with Crippen LogP contribution in [0.25, 0.3) is 0 Å². The van der Waals surface area contributed by atoms with Gasteiger partial charge in [-0.05, 0) is 31.5 Å². The van der Waals surface area contributed by atoms with E-state index < -0.39 is 15.9 Å². The van der Waals surface area contributed by atoms with Gasteiger partial charge in [-0.2, -0.15) is 0 Å². The molecule has 1 rings (SSSR count). The van der Waals surface area contributed by atoms with Gasteiger partial charge >= 0.3 is 0 Å². The van der Waals surface area contributed by atoms with Crippen LogP contribution in [0.3, 0.4) is 0 Å². The molecule has 3 N–H and O–H groups in total. The number of nitrogens with two attached hydrogens (primary N) is 1. The molecule has 0 aliphatic carbocycles. The Kier molecular flexibility index (Phi) is 5.11. The van der Waals surface area contributed by atoms with Gasteiger partial charge in [-0.1, -0.05) is 17.7 Å². The molecule has 0 fully saturated rings. The van der Waals surface area contributed by atoms with Crippen molar-refractivity contribution in [2.45, 2.75) is 24.3 Å². The highest BCUT2D eigenvalue weighted by Gasteiger charge is 2.15. The van der Waals surface area contributed by atoms with Gasteiger partial charge in [0.2, 0.25) is 10.0 Å². The normalized spacial score (nSPS) is 12.8. The molecular formula is C12H15ClN2O3S. The number of carbonyl (C=O) groups is 1. The van der Waals surface area contributed by atoms with Gasteiger partial charge in [-0.25, -0.2) is 13.6 Å². The zero-order valence-corrected chi connectivity index (χ0v) is 12.0. The van der Waals surface area contributed by atoms with Crippen molar-refractivity contribution in [3.63, 3.8) is 0 Å². The molecule has 0 spiro atoms. The Hall–Kier alpha value is -1.37. The summed E-state index contributed by atoms with van der Waals surface area (Å²) in [5, 5.41) is 7.84. The van der Waals surface area contributed by atoms with Crippen LogP contribution in [0.4, 0.5) is 0 Å². The van der Waals surface area contributed by atoms with E-state index >= 15 is 0 Å². The minimum atomic E-state index is -3.90. The molecule has 1 amide bonds. The van der Waals surface area contributed by atoms with Gasteiger partial charge in [-0.15, -0.1) is 6.58 Å². The third kappa shape index (κ3) is 4.66. The fraction of sp³-hybridized carbons (Fsp3) is 0.250.